The summed E-state index contributed by atoms with van der Waals surface area (Å²) in [5.74, 6) is 0.792. The quantitative estimate of drug-likeness (QED) is 0.511. The Bertz CT molecular complexity index is 1290. The molecule has 1 aromatic carbocycles. The summed E-state index contributed by atoms with van der Waals surface area (Å²) < 4.78 is 2.07. The number of hydrogen-bond donors (Lipinski definition) is 0. The van der Waals surface area contributed by atoms with Gasteiger partial charge >= 0.3 is 0 Å². The molecule has 0 amide bonds. The van der Waals surface area contributed by atoms with E-state index < -0.39 is 0 Å². The Morgan fingerprint density at radius 1 is 1.14 bits per heavy atom. The zero-order chi connectivity index (χ0) is 19.4. The van der Waals surface area contributed by atoms with E-state index in [0.717, 1.165) is 45.7 Å². The maximum Gasteiger partial charge on any atom is 0.141 e. The first-order chi connectivity index (χ1) is 14.2. The Labute approximate surface area is 168 Å². The monoisotopic (exact) mass is 377 g/mol. The predicted molar refractivity (Wildman–Crippen MR) is 111 cm³/mol. The van der Waals surface area contributed by atoms with Gasteiger partial charge in [-0.25, -0.2) is 4.98 Å². The standard InChI is InChI=1S/C24H19N5/c25-12-20-5-6-21(18-13-27-29(14-18)15-19-11-24(19)7-8-24)23(28-20)17-4-3-16-2-1-9-26-22(16)10-17/h1-6,9-10,13-14,19H,7-8,11,15H2. The van der Waals surface area contributed by atoms with Gasteiger partial charge in [0.1, 0.15) is 11.8 Å². The second-order valence-electron chi connectivity index (χ2n) is 8.33. The summed E-state index contributed by atoms with van der Waals surface area (Å²) in [5.41, 5.74) is 5.76. The van der Waals surface area contributed by atoms with Crippen molar-refractivity contribution in [1.29, 1.82) is 5.26 Å². The molecule has 2 aliphatic carbocycles. The lowest BCUT2D eigenvalue weighted by Gasteiger charge is -2.09. The Hall–Kier alpha value is -3.52. The SMILES string of the molecule is N#Cc1ccc(-c2cnn(CC3CC34CC4)c2)c(-c2ccc3cccnc3c2)n1. The molecule has 0 saturated heterocycles. The third-order valence-electron chi connectivity index (χ3n) is 6.49. The van der Waals surface area contributed by atoms with Crippen molar-refractivity contribution in [3.8, 4) is 28.5 Å². The normalized spacial score (nSPS) is 18.7. The van der Waals surface area contributed by atoms with Crippen LogP contribution < -0.4 is 0 Å². The molecular formula is C24H19N5. The van der Waals surface area contributed by atoms with Crippen LogP contribution in [0.15, 0.2) is 61.1 Å². The highest BCUT2D eigenvalue weighted by atomic mass is 15.3. The maximum atomic E-state index is 9.37. The molecule has 5 nitrogen and oxygen atoms in total. The first-order valence-electron chi connectivity index (χ1n) is 10.0. The fourth-order valence-corrected chi connectivity index (χ4v) is 4.48. The molecule has 3 heterocycles. The van der Waals surface area contributed by atoms with Gasteiger partial charge in [0.15, 0.2) is 0 Å². The van der Waals surface area contributed by atoms with Crippen LogP contribution in [0.3, 0.4) is 0 Å². The largest absolute Gasteiger partial charge is 0.272 e. The number of aromatic nitrogens is 4. The Morgan fingerprint density at radius 2 is 2.07 bits per heavy atom. The van der Waals surface area contributed by atoms with Crippen LogP contribution in [0.4, 0.5) is 0 Å². The summed E-state index contributed by atoms with van der Waals surface area (Å²) in [6, 6.07) is 16.0. The molecule has 6 rings (SSSR count). The molecule has 1 atom stereocenters. The highest BCUT2D eigenvalue weighted by Gasteiger charge is 2.62. The molecule has 5 heteroatoms. The summed E-state index contributed by atoms with van der Waals surface area (Å²) in [6.45, 7) is 0.999. The first kappa shape index (κ1) is 16.4. The van der Waals surface area contributed by atoms with Crippen LogP contribution in [0.2, 0.25) is 0 Å². The van der Waals surface area contributed by atoms with Gasteiger partial charge in [0.25, 0.3) is 0 Å². The van der Waals surface area contributed by atoms with Crippen molar-refractivity contribution in [1.82, 2.24) is 19.7 Å². The van der Waals surface area contributed by atoms with Crippen molar-refractivity contribution >= 4 is 10.9 Å². The lowest BCUT2D eigenvalue weighted by molar-refractivity contribution is 0.526. The fourth-order valence-electron chi connectivity index (χ4n) is 4.48. The number of rotatable bonds is 4. The minimum Gasteiger partial charge on any atom is -0.272 e. The molecule has 29 heavy (non-hydrogen) atoms. The van der Waals surface area contributed by atoms with E-state index >= 15 is 0 Å². The van der Waals surface area contributed by atoms with E-state index in [2.05, 4.69) is 32.0 Å². The van der Waals surface area contributed by atoms with E-state index in [1.54, 1.807) is 12.3 Å². The minimum atomic E-state index is 0.408. The highest BCUT2D eigenvalue weighted by molar-refractivity contribution is 5.87. The fraction of sp³-hybridized carbons (Fsp3) is 0.250. The molecule has 140 valence electrons. The second kappa shape index (κ2) is 5.99. The lowest BCUT2D eigenvalue weighted by atomic mass is 10.00. The van der Waals surface area contributed by atoms with Gasteiger partial charge in [-0.05, 0) is 54.9 Å². The van der Waals surface area contributed by atoms with E-state index in [-0.39, 0.29) is 0 Å². The van der Waals surface area contributed by atoms with E-state index in [4.69, 9.17) is 0 Å². The molecule has 0 N–H and O–H groups in total. The predicted octanol–water partition coefficient (Wildman–Crippen LogP) is 4.83. The molecule has 0 radical (unpaired) electrons. The van der Waals surface area contributed by atoms with E-state index in [1.807, 2.05) is 42.6 Å². The van der Waals surface area contributed by atoms with Gasteiger partial charge < -0.3 is 0 Å². The minimum absolute atomic E-state index is 0.408. The molecule has 2 saturated carbocycles. The highest BCUT2D eigenvalue weighted by Crippen LogP contribution is 2.70. The molecule has 2 aliphatic rings. The van der Waals surface area contributed by atoms with E-state index in [0.29, 0.717) is 11.1 Å². The van der Waals surface area contributed by atoms with Crippen molar-refractivity contribution in [2.45, 2.75) is 25.8 Å². The Balaban J connectivity index is 1.41. The summed E-state index contributed by atoms with van der Waals surface area (Å²) in [7, 11) is 0. The number of fused-ring (bicyclic) bond motifs is 1. The zero-order valence-corrected chi connectivity index (χ0v) is 15.9. The molecule has 0 aliphatic heterocycles. The van der Waals surface area contributed by atoms with Crippen LogP contribution in [0.5, 0.6) is 0 Å². The van der Waals surface area contributed by atoms with Crippen molar-refractivity contribution in [3.05, 3.63) is 66.7 Å². The van der Waals surface area contributed by atoms with Gasteiger partial charge in [-0.1, -0.05) is 18.2 Å². The Morgan fingerprint density at radius 3 is 2.90 bits per heavy atom. The molecule has 3 aromatic heterocycles. The summed E-state index contributed by atoms with van der Waals surface area (Å²) in [5, 5.41) is 15.1. The second-order valence-corrected chi connectivity index (χ2v) is 8.33. The van der Waals surface area contributed by atoms with Crippen molar-refractivity contribution in [2.24, 2.45) is 11.3 Å². The van der Waals surface area contributed by atoms with Gasteiger partial charge in [-0.15, -0.1) is 0 Å². The topological polar surface area (TPSA) is 67.4 Å². The number of nitriles is 1. The smallest absolute Gasteiger partial charge is 0.141 e. The number of benzene rings is 1. The third-order valence-corrected chi connectivity index (χ3v) is 6.49. The van der Waals surface area contributed by atoms with Crippen LogP contribution in [-0.4, -0.2) is 19.7 Å². The van der Waals surface area contributed by atoms with Crippen LogP contribution >= 0.6 is 0 Å². The molecule has 4 aromatic rings. The number of pyridine rings is 2. The first-order valence-corrected chi connectivity index (χ1v) is 10.0. The van der Waals surface area contributed by atoms with Gasteiger partial charge in [0, 0.05) is 41.0 Å². The molecule has 2 fully saturated rings. The maximum absolute atomic E-state index is 9.37. The summed E-state index contributed by atoms with van der Waals surface area (Å²) in [4.78, 5) is 9.10. The molecule has 1 unspecified atom stereocenters. The van der Waals surface area contributed by atoms with Crippen molar-refractivity contribution in [2.75, 3.05) is 0 Å². The number of nitrogens with zero attached hydrogens (tertiary/aromatic N) is 5. The van der Waals surface area contributed by atoms with Crippen LogP contribution in [0, 0.1) is 22.7 Å². The van der Waals surface area contributed by atoms with E-state index in [1.165, 1.54) is 19.3 Å². The van der Waals surface area contributed by atoms with Crippen LogP contribution in [0.25, 0.3) is 33.3 Å². The van der Waals surface area contributed by atoms with E-state index in [9.17, 15) is 5.26 Å². The lowest BCUT2D eigenvalue weighted by Crippen LogP contribution is -2.01. The average molecular weight is 377 g/mol. The van der Waals surface area contributed by atoms with Crippen LogP contribution in [0.1, 0.15) is 25.0 Å². The van der Waals surface area contributed by atoms with Gasteiger partial charge in [-0.3, -0.25) is 9.67 Å². The molecule has 0 bridgehead atoms. The summed E-state index contributed by atoms with van der Waals surface area (Å²) in [6.07, 6.45) is 9.96. The Kier molecular flexibility index (Phi) is 3.39. The number of hydrogen-bond acceptors (Lipinski definition) is 4. The van der Waals surface area contributed by atoms with Crippen LogP contribution in [-0.2, 0) is 6.54 Å². The summed E-state index contributed by atoms with van der Waals surface area (Å²) >= 11 is 0. The van der Waals surface area contributed by atoms with Gasteiger partial charge in [-0.2, -0.15) is 10.4 Å². The van der Waals surface area contributed by atoms with Gasteiger partial charge in [0.2, 0.25) is 0 Å². The van der Waals surface area contributed by atoms with Crippen molar-refractivity contribution in [3.63, 3.8) is 0 Å². The van der Waals surface area contributed by atoms with Crippen molar-refractivity contribution < 1.29 is 0 Å². The third kappa shape index (κ3) is 2.80. The average Bonchev–Trinajstić information content (AvgIpc) is 3.64. The van der Waals surface area contributed by atoms with Gasteiger partial charge in [0.05, 0.1) is 17.4 Å². The molecular weight excluding hydrogens is 358 g/mol. The zero-order valence-electron chi connectivity index (χ0n) is 15.9. The molecule has 1 spiro atoms.